The lowest BCUT2D eigenvalue weighted by Gasteiger charge is -2.46. The van der Waals surface area contributed by atoms with Crippen LogP contribution in [0, 0.1) is 11.8 Å². The predicted octanol–water partition coefficient (Wildman–Crippen LogP) is -0.880. The zero-order valence-electron chi connectivity index (χ0n) is 16.2. The molecule has 0 radical (unpaired) electrons. The van der Waals surface area contributed by atoms with Gasteiger partial charge in [0.25, 0.3) is 0 Å². The average molecular weight is 443 g/mol. The number of hydrogen-bond donors (Lipinski definition) is 5. The highest BCUT2D eigenvalue weighted by Crippen LogP contribution is 2.52. The van der Waals surface area contributed by atoms with E-state index in [1.54, 1.807) is 18.7 Å². The van der Waals surface area contributed by atoms with Gasteiger partial charge >= 0.3 is 5.97 Å². The highest BCUT2D eigenvalue weighted by atomic mass is 32.2. The number of hydrogen-bond acceptors (Lipinski definition) is 8. The molecule has 2 amide bonds. The van der Waals surface area contributed by atoms with Gasteiger partial charge in [-0.3, -0.25) is 14.9 Å². The largest absolute Gasteiger partial charge is 0.477 e. The molecule has 4 aliphatic heterocycles. The van der Waals surface area contributed by atoms with Crippen molar-refractivity contribution in [2.75, 3.05) is 12.3 Å². The molecule has 9 nitrogen and oxygen atoms in total. The van der Waals surface area contributed by atoms with Crippen LogP contribution >= 0.6 is 23.5 Å². The van der Waals surface area contributed by atoms with E-state index < -0.39 is 18.0 Å². The number of carboxylic acid groups (broad SMARTS) is 1. The minimum absolute atomic E-state index is 0.0695. The fourth-order valence-corrected chi connectivity index (χ4v) is 7.66. The fourth-order valence-electron chi connectivity index (χ4n) is 4.80. The Bertz CT molecular complexity index is 775. The number of thioether (sulfide) groups is 2. The van der Waals surface area contributed by atoms with E-state index in [0.29, 0.717) is 10.7 Å². The molecule has 0 aromatic rings. The molecule has 3 saturated heterocycles. The summed E-state index contributed by atoms with van der Waals surface area (Å²) in [6, 6.07) is -0.442. The van der Waals surface area contributed by atoms with Crippen molar-refractivity contribution in [3.63, 3.8) is 0 Å². The summed E-state index contributed by atoms with van der Waals surface area (Å²) in [4.78, 5) is 37.8. The van der Waals surface area contributed by atoms with Crippen molar-refractivity contribution in [3.05, 3.63) is 10.6 Å². The third kappa shape index (κ3) is 3.46. The molecule has 0 aromatic heterocycles. The van der Waals surface area contributed by atoms with E-state index >= 15 is 0 Å². The van der Waals surface area contributed by atoms with Crippen molar-refractivity contribution in [2.24, 2.45) is 17.6 Å². The van der Waals surface area contributed by atoms with Crippen LogP contribution in [-0.4, -0.2) is 80.0 Å². The molecule has 3 fully saturated rings. The Morgan fingerprint density at radius 3 is 2.72 bits per heavy atom. The molecule has 29 heavy (non-hydrogen) atoms. The molecule has 4 aliphatic rings. The number of amides is 2. The van der Waals surface area contributed by atoms with Crippen LogP contribution < -0.4 is 16.4 Å². The van der Waals surface area contributed by atoms with Crippen LogP contribution in [0.3, 0.4) is 0 Å². The van der Waals surface area contributed by atoms with Crippen LogP contribution in [0.5, 0.6) is 0 Å². The van der Waals surface area contributed by atoms with Crippen molar-refractivity contribution in [1.82, 2.24) is 15.5 Å². The number of β-lactam (4-membered cyclic amide) rings is 1. The summed E-state index contributed by atoms with van der Waals surface area (Å²) < 4.78 is 0. The smallest absolute Gasteiger partial charge is 0.353 e. The van der Waals surface area contributed by atoms with Crippen molar-refractivity contribution in [2.45, 2.75) is 55.1 Å². The maximum Gasteiger partial charge on any atom is 0.353 e. The second kappa shape index (κ2) is 7.77. The Balaban J connectivity index is 1.45. The van der Waals surface area contributed by atoms with E-state index in [1.807, 2.05) is 6.92 Å². The Kier molecular flexibility index (Phi) is 5.62. The minimum atomic E-state index is -1.10. The number of nitrogens with zero attached hydrogens (tertiary/aromatic N) is 1. The molecule has 4 rings (SSSR count). The monoisotopic (exact) mass is 442 g/mol. The Labute approximate surface area is 177 Å². The second-order valence-corrected chi connectivity index (χ2v) is 10.7. The molecule has 0 aromatic carbocycles. The minimum Gasteiger partial charge on any atom is -0.477 e. The van der Waals surface area contributed by atoms with Gasteiger partial charge in [-0.2, -0.15) is 0 Å². The summed E-state index contributed by atoms with van der Waals surface area (Å²) >= 11 is 3.20. The molecule has 0 spiro atoms. The van der Waals surface area contributed by atoms with Gasteiger partial charge in [0, 0.05) is 34.4 Å². The second-order valence-electron chi connectivity index (χ2n) is 8.14. The third-order valence-corrected chi connectivity index (χ3v) is 9.11. The van der Waals surface area contributed by atoms with Gasteiger partial charge in [0.15, 0.2) is 0 Å². The maximum atomic E-state index is 12.4. The molecule has 160 valence electrons. The van der Waals surface area contributed by atoms with E-state index in [1.165, 1.54) is 16.7 Å². The summed E-state index contributed by atoms with van der Waals surface area (Å²) in [7, 11) is 0. The molecule has 4 unspecified atom stereocenters. The number of rotatable bonds is 6. The number of carboxylic acids is 1. The van der Waals surface area contributed by atoms with E-state index in [-0.39, 0.29) is 52.2 Å². The number of aliphatic hydroxyl groups excluding tert-OH is 1. The highest BCUT2D eigenvalue weighted by molar-refractivity contribution is 8.03. The third-order valence-electron chi connectivity index (χ3n) is 6.25. The van der Waals surface area contributed by atoms with Gasteiger partial charge in [-0.1, -0.05) is 6.92 Å². The van der Waals surface area contributed by atoms with Gasteiger partial charge in [0.2, 0.25) is 11.8 Å². The molecule has 4 heterocycles. The first kappa shape index (κ1) is 21.0. The van der Waals surface area contributed by atoms with E-state index in [9.17, 15) is 24.6 Å². The topological polar surface area (TPSA) is 145 Å². The normalized spacial score (nSPS) is 40.2. The molecule has 0 saturated carbocycles. The number of primary amides is 1. The van der Waals surface area contributed by atoms with E-state index in [0.717, 1.165) is 13.0 Å². The van der Waals surface area contributed by atoms with Gasteiger partial charge < -0.3 is 26.2 Å². The molecule has 8 atom stereocenters. The average Bonchev–Trinajstić information content (AvgIpc) is 3.33. The molecular formula is C18H26N4O5S2. The molecule has 0 aliphatic carbocycles. The zero-order chi connectivity index (χ0) is 21.0. The lowest BCUT2D eigenvalue weighted by atomic mass is 9.79. The van der Waals surface area contributed by atoms with Crippen molar-refractivity contribution in [3.8, 4) is 0 Å². The quantitative estimate of drug-likeness (QED) is 0.331. The van der Waals surface area contributed by atoms with Gasteiger partial charge in [0.05, 0.1) is 29.5 Å². The number of nitrogens with one attached hydrogen (secondary N) is 2. The van der Waals surface area contributed by atoms with E-state index in [2.05, 4.69) is 10.6 Å². The standard InChI is InChI=1S/C18H26N4O5S2/c1-6-12-11(7(2)23)17(25)22(12)13(18(26)27)14(6)29-8-3-9(20-4-8)16-21-10(5-28-16)15(19)24/h6-12,16,20-21,23H,3-5H2,1-2H3,(H2,19,24)(H,26,27)/t6-,7-,8+,9+,10?,11?,12?,16?/m1/s1. The molecular weight excluding hydrogens is 416 g/mol. The van der Waals surface area contributed by atoms with Crippen LogP contribution in [0.4, 0.5) is 0 Å². The summed E-state index contributed by atoms with van der Waals surface area (Å²) in [5.74, 6) is -1.77. The first-order chi connectivity index (χ1) is 13.7. The van der Waals surface area contributed by atoms with Crippen LogP contribution in [0.2, 0.25) is 0 Å². The van der Waals surface area contributed by atoms with Crippen molar-refractivity contribution < 1.29 is 24.6 Å². The van der Waals surface area contributed by atoms with E-state index in [4.69, 9.17) is 5.73 Å². The van der Waals surface area contributed by atoms with Crippen LogP contribution in [0.25, 0.3) is 0 Å². The summed E-state index contributed by atoms with van der Waals surface area (Å²) in [6.07, 6.45) is 0.0225. The first-order valence-corrected chi connectivity index (χ1v) is 11.7. The highest BCUT2D eigenvalue weighted by Gasteiger charge is 2.60. The van der Waals surface area contributed by atoms with Crippen LogP contribution in [0.15, 0.2) is 10.6 Å². The summed E-state index contributed by atoms with van der Waals surface area (Å²) in [5, 5.41) is 26.7. The number of nitrogens with two attached hydrogens (primary N) is 1. The molecule has 11 heteroatoms. The van der Waals surface area contributed by atoms with Crippen LogP contribution in [-0.2, 0) is 14.4 Å². The summed E-state index contributed by atoms with van der Waals surface area (Å²) in [6.45, 7) is 4.23. The number of aliphatic hydroxyl groups is 1. The maximum absolute atomic E-state index is 12.4. The van der Waals surface area contributed by atoms with Crippen molar-refractivity contribution >= 4 is 41.3 Å². The number of carbonyl (C=O) groups excluding carboxylic acids is 2. The lowest BCUT2D eigenvalue weighted by molar-refractivity contribution is -0.163. The number of fused-ring (bicyclic) bond motifs is 1. The van der Waals surface area contributed by atoms with Crippen LogP contribution in [0.1, 0.15) is 20.3 Å². The first-order valence-electron chi connectivity index (χ1n) is 9.76. The van der Waals surface area contributed by atoms with Gasteiger partial charge in [-0.15, -0.1) is 23.5 Å². The predicted molar refractivity (Wildman–Crippen MR) is 110 cm³/mol. The lowest BCUT2D eigenvalue weighted by Crippen LogP contribution is -2.63. The van der Waals surface area contributed by atoms with Gasteiger partial charge in [0.1, 0.15) is 5.70 Å². The van der Waals surface area contributed by atoms with Gasteiger partial charge in [-0.05, 0) is 13.3 Å². The Morgan fingerprint density at radius 1 is 1.41 bits per heavy atom. The molecule has 6 N–H and O–H groups in total. The SMILES string of the molecule is C[C@@H](O)C1C(=O)N2C(C(=O)O)=C(S[C@@H]3CN[C@H](C4NC(C(N)=O)CS4)C3)[C@H](C)C12. The molecule has 0 bridgehead atoms. The zero-order valence-corrected chi connectivity index (χ0v) is 17.8. The summed E-state index contributed by atoms with van der Waals surface area (Å²) in [5.41, 5.74) is 5.45. The van der Waals surface area contributed by atoms with Crippen molar-refractivity contribution in [1.29, 1.82) is 0 Å². The Hall–Kier alpha value is -1.27. The number of carbonyl (C=O) groups is 3. The Morgan fingerprint density at radius 2 is 2.14 bits per heavy atom. The fraction of sp³-hybridized carbons (Fsp3) is 0.722. The number of aliphatic carboxylic acids is 1. The van der Waals surface area contributed by atoms with Gasteiger partial charge in [-0.25, -0.2) is 4.79 Å².